The summed E-state index contributed by atoms with van der Waals surface area (Å²) in [6, 6.07) is 9.42. The number of likely N-dealkylation sites (tertiary alicyclic amines) is 1. The Labute approximate surface area is 124 Å². The molecule has 1 atom stereocenters. The number of hydrogen-bond acceptors (Lipinski definition) is 4. The number of ether oxygens (including phenoxy) is 2. The summed E-state index contributed by atoms with van der Waals surface area (Å²) in [5.74, 6) is -1.80. The molecule has 2 aliphatic rings. The molecule has 2 aliphatic heterocycles. The minimum absolute atomic E-state index is 0.494. The first kappa shape index (κ1) is 14.5. The largest absolute Gasteiger partial charge is 0.481 e. The molecule has 1 N–H and O–H groups in total. The van der Waals surface area contributed by atoms with Gasteiger partial charge in [-0.05, 0) is 18.5 Å². The zero-order chi connectivity index (χ0) is 14.7. The summed E-state index contributed by atoms with van der Waals surface area (Å²) in [5, 5.41) is 9.53. The molecule has 1 spiro atoms. The van der Waals surface area contributed by atoms with Gasteiger partial charge in [-0.15, -0.1) is 0 Å². The highest BCUT2D eigenvalue weighted by molar-refractivity contribution is 5.76. The maximum atomic E-state index is 11.6. The van der Waals surface area contributed by atoms with Gasteiger partial charge in [0, 0.05) is 13.0 Å². The maximum absolute atomic E-state index is 11.6. The number of carbonyl (C=O) groups is 1. The summed E-state index contributed by atoms with van der Waals surface area (Å²) in [7, 11) is 0. The summed E-state index contributed by atoms with van der Waals surface area (Å²) in [6.07, 6.45) is 1.87. The van der Waals surface area contributed by atoms with Crippen LogP contribution in [0.3, 0.4) is 0 Å². The van der Waals surface area contributed by atoms with Crippen LogP contribution < -0.4 is 0 Å². The second kappa shape index (κ2) is 6.13. The number of carboxylic acids is 1. The zero-order valence-corrected chi connectivity index (χ0v) is 12.0. The average Bonchev–Trinajstić information content (AvgIpc) is 2.93. The Morgan fingerprint density at radius 1 is 1.29 bits per heavy atom. The molecule has 1 aromatic carbocycles. The van der Waals surface area contributed by atoms with E-state index in [1.54, 1.807) is 0 Å². The summed E-state index contributed by atoms with van der Waals surface area (Å²) in [5.41, 5.74) is 0.845. The van der Waals surface area contributed by atoms with Crippen molar-refractivity contribution in [1.29, 1.82) is 0 Å². The number of piperidine rings is 1. The van der Waals surface area contributed by atoms with Crippen LogP contribution in [0.1, 0.15) is 24.3 Å². The highest BCUT2D eigenvalue weighted by atomic mass is 16.7. The van der Waals surface area contributed by atoms with E-state index in [9.17, 15) is 9.90 Å². The predicted octanol–water partition coefficient (Wildman–Crippen LogP) is 1.69. The minimum atomic E-state index is -0.783. The molecule has 0 amide bonds. The van der Waals surface area contributed by atoms with Gasteiger partial charge in [-0.2, -0.15) is 0 Å². The molecule has 2 heterocycles. The summed E-state index contributed by atoms with van der Waals surface area (Å²) in [6.45, 7) is 3.31. The van der Waals surface area contributed by atoms with Gasteiger partial charge in [-0.1, -0.05) is 30.3 Å². The highest BCUT2D eigenvalue weighted by Crippen LogP contribution is 2.31. The lowest BCUT2D eigenvalue weighted by atomic mass is 9.96. The lowest BCUT2D eigenvalue weighted by Gasteiger charge is -2.39. The third-order valence-electron chi connectivity index (χ3n) is 4.25. The van der Waals surface area contributed by atoms with Crippen molar-refractivity contribution >= 4 is 5.97 Å². The van der Waals surface area contributed by atoms with Gasteiger partial charge >= 0.3 is 5.97 Å². The van der Waals surface area contributed by atoms with Gasteiger partial charge in [0.15, 0.2) is 5.79 Å². The van der Waals surface area contributed by atoms with Gasteiger partial charge in [0.1, 0.15) is 0 Å². The van der Waals surface area contributed by atoms with Crippen molar-refractivity contribution in [3.05, 3.63) is 35.9 Å². The van der Waals surface area contributed by atoms with Crippen LogP contribution in [0, 0.1) is 0 Å². The van der Waals surface area contributed by atoms with Crippen molar-refractivity contribution in [2.45, 2.75) is 24.5 Å². The molecule has 0 aromatic heterocycles. The van der Waals surface area contributed by atoms with Gasteiger partial charge in [0.25, 0.3) is 0 Å². The molecule has 1 aromatic rings. The first-order valence-electron chi connectivity index (χ1n) is 7.47. The predicted molar refractivity (Wildman–Crippen MR) is 77.1 cm³/mol. The molecule has 21 heavy (non-hydrogen) atoms. The third-order valence-corrected chi connectivity index (χ3v) is 4.25. The monoisotopic (exact) mass is 291 g/mol. The van der Waals surface area contributed by atoms with Gasteiger partial charge in [0.2, 0.25) is 0 Å². The maximum Gasteiger partial charge on any atom is 0.312 e. The number of carboxylic acid groups (broad SMARTS) is 1. The van der Waals surface area contributed by atoms with Gasteiger partial charge in [0.05, 0.1) is 25.7 Å². The lowest BCUT2D eigenvalue weighted by Crippen LogP contribution is -2.50. The van der Waals surface area contributed by atoms with Crippen molar-refractivity contribution in [3.63, 3.8) is 0 Å². The molecule has 5 nitrogen and oxygen atoms in total. The Morgan fingerprint density at radius 3 is 2.67 bits per heavy atom. The van der Waals surface area contributed by atoms with E-state index in [1.165, 1.54) is 0 Å². The smallest absolute Gasteiger partial charge is 0.312 e. The van der Waals surface area contributed by atoms with Crippen LogP contribution in [0.4, 0.5) is 0 Å². The fraction of sp³-hybridized carbons (Fsp3) is 0.562. The first-order chi connectivity index (χ1) is 10.2. The number of benzene rings is 1. The van der Waals surface area contributed by atoms with Gasteiger partial charge in [-0.25, -0.2) is 0 Å². The molecular weight excluding hydrogens is 270 g/mol. The SMILES string of the molecule is O=C(O)C(CN1CCCC2(C1)OCCO2)c1ccccc1. The van der Waals surface area contributed by atoms with Crippen molar-refractivity contribution in [1.82, 2.24) is 4.90 Å². The van der Waals surface area contributed by atoms with E-state index < -0.39 is 17.7 Å². The Balaban J connectivity index is 1.70. The molecular formula is C16H21NO4. The van der Waals surface area contributed by atoms with E-state index in [1.807, 2.05) is 30.3 Å². The second-order valence-electron chi connectivity index (χ2n) is 5.75. The Morgan fingerprint density at radius 2 is 2.00 bits per heavy atom. The molecule has 0 bridgehead atoms. The molecule has 2 saturated heterocycles. The molecule has 0 saturated carbocycles. The van der Waals surface area contributed by atoms with Crippen molar-refractivity contribution < 1.29 is 19.4 Å². The van der Waals surface area contributed by atoms with Crippen LogP contribution in [-0.4, -0.2) is 54.6 Å². The fourth-order valence-corrected chi connectivity index (χ4v) is 3.23. The topological polar surface area (TPSA) is 59.0 Å². The van der Waals surface area contributed by atoms with Crippen LogP contribution in [0.25, 0.3) is 0 Å². The lowest BCUT2D eigenvalue weighted by molar-refractivity contribution is -0.190. The zero-order valence-electron chi connectivity index (χ0n) is 12.0. The Kier molecular flexibility index (Phi) is 4.24. The molecule has 5 heteroatoms. The second-order valence-corrected chi connectivity index (χ2v) is 5.75. The minimum Gasteiger partial charge on any atom is -0.481 e. The Bertz CT molecular complexity index is 484. The van der Waals surface area contributed by atoms with Crippen molar-refractivity contribution in [3.8, 4) is 0 Å². The van der Waals surface area contributed by atoms with E-state index in [0.717, 1.165) is 24.9 Å². The number of aliphatic carboxylic acids is 1. The van der Waals surface area contributed by atoms with E-state index in [4.69, 9.17) is 9.47 Å². The van der Waals surface area contributed by atoms with Crippen LogP contribution in [0.2, 0.25) is 0 Å². The molecule has 2 fully saturated rings. The van der Waals surface area contributed by atoms with Gasteiger partial charge < -0.3 is 14.6 Å². The van der Waals surface area contributed by atoms with Crippen LogP contribution in [0.5, 0.6) is 0 Å². The summed E-state index contributed by atoms with van der Waals surface area (Å²) in [4.78, 5) is 13.8. The normalized spacial score (nSPS) is 23.2. The Hall–Kier alpha value is -1.43. The standard InChI is InChI=1S/C16H21NO4/c18-15(19)14(13-5-2-1-3-6-13)11-17-8-4-7-16(12-17)20-9-10-21-16/h1-3,5-6,14H,4,7-12H2,(H,18,19). The number of rotatable bonds is 4. The van der Waals surface area contributed by atoms with E-state index in [2.05, 4.69) is 4.90 Å². The molecule has 0 radical (unpaired) electrons. The molecule has 114 valence electrons. The first-order valence-corrected chi connectivity index (χ1v) is 7.47. The summed E-state index contributed by atoms with van der Waals surface area (Å²) < 4.78 is 11.5. The quantitative estimate of drug-likeness (QED) is 0.915. The van der Waals surface area contributed by atoms with E-state index >= 15 is 0 Å². The molecule has 1 unspecified atom stereocenters. The third kappa shape index (κ3) is 3.26. The van der Waals surface area contributed by atoms with Crippen LogP contribution in [-0.2, 0) is 14.3 Å². The van der Waals surface area contributed by atoms with Crippen LogP contribution in [0.15, 0.2) is 30.3 Å². The van der Waals surface area contributed by atoms with Crippen LogP contribution >= 0.6 is 0 Å². The van der Waals surface area contributed by atoms with E-state index in [-0.39, 0.29) is 0 Å². The van der Waals surface area contributed by atoms with Crippen molar-refractivity contribution in [2.75, 3.05) is 32.8 Å². The summed E-state index contributed by atoms with van der Waals surface area (Å²) >= 11 is 0. The fourth-order valence-electron chi connectivity index (χ4n) is 3.23. The number of nitrogens with zero attached hydrogens (tertiary/aromatic N) is 1. The average molecular weight is 291 g/mol. The van der Waals surface area contributed by atoms with E-state index in [0.29, 0.717) is 26.3 Å². The van der Waals surface area contributed by atoms with Crippen molar-refractivity contribution in [2.24, 2.45) is 0 Å². The van der Waals surface area contributed by atoms with Gasteiger partial charge in [-0.3, -0.25) is 9.69 Å². The molecule has 3 rings (SSSR count). The molecule has 0 aliphatic carbocycles. The highest BCUT2D eigenvalue weighted by Gasteiger charge is 2.41. The number of hydrogen-bond donors (Lipinski definition) is 1.